The number of rotatable bonds is 6. The minimum absolute atomic E-state index is 0.0945. The van der Waals surface area contributed by atoms with E-state index in [0.29, 0.717) is 29.5 Å². The van der Waals surface area contributed by atoms with Gasteiger partial charge in [0.25, 0.3) is 5.91 Å². The van der Waals surface area contributed by atoms with Gasteiger partial charge in [-0.15, -0.1) is 0 Å². The number of carbonyl (C=O) groups excluding carboxylic acids is 1. The second kappa shape index (κ2) is 7.02. The zero-order chi connectivity index (χ0) is 14.4. The van der Waals surface area contributed by atoms with Crippen molar-refractivity contribution >= 4 is 11.6 Å². The van der Waals surface area contributed by atoms with E-state index in [1.54, 1.807) is 18.2 Å². The van der Waals surface area contributed by atoms with E-state index in [1.165, 1.54) is 0 Å². The molecule has 0 aliphatic rings. The Bertz CT molecular complexity index is 430. The molecule has 1 aromatic carbocycles. The molecule has 0 bridgehead atoms. The van der Waals surface area contributed by atoms with E-state index in [0.717, 1.165) is 6.42 Å². The average molecular weight is 264 g/mol. The van der Waals surface area contributed by atoms with Gasteiger partial charge in [0.2, 0.25) is 0 Å². The van der Waals surface area contributed by atoms with E-state index in [2.05, 4.69) is 19.2 Å². The Kier molecular flexibility index (Phi) is 5.67. The molecule has 0 heterocycles. The van der Waals surface area contributed by atoms with Gasteiger partial charge in [-0.2, -0.15) is 0 Å². The van der Waals surface area contributed by atoms with Crippen molar-refractivity contribution in [2.45, 2.75) is 40.2 Å². The van der Waals surface area contributed by atoms with Crippen LogP contribution in [0.2, 0.25) is 0 Å². The molecule has 0 fully saturated rings. The second-order valence-corrected chi connectivity index (χ2v) is 5.19. The zero-order valence-corrected chi connectivity index (χ0v) is 12.2. The number of anilines is 1. The fraction of sp³-hybridized carbons (Fsp3) is 0.533. The lowest BCUT2D eigenvalue weighted by atomic mass is 10.0. The second-order valence-electron chi connectivity index (χ2n) is 5.19. The molecule has 0 radical (unpaired) electrons. The van der Waals surface area contributed by atoms with Crippen LogP contribution in [-0.2, 0) is 0 Å². The summed E-state index contributed by atoms with van der Waals surface area (Å²) in [6.45, 7) is 8.74. The molecular formula is C15H24N2O2. The molecule has 19 heavy (non-hydrogen) atoms. The molecule has 1 amide bonds. The first-order valence-electron chi connectivity index (χ1n) is 6.77. The third-order valence-corrected chi connectivity index (χ3v) is 2.77. The van der Waals surface area contributed by atoms with Gasteiger partial charge in [-0.3, -0.25) is 4.79 Å². The van der Waals surface area contributed by atoms with Crippen LogP contribution in [0.4, 0.5) is 5.69 Å². The molecule has 4 heteroatoms. The number of amides is 1. The molecule has 0 aliphatic carbocycles. The summed E-state index contributed by atoms with van der Waals surface area (Å²) in [7, 11) is 0. The van der Waals surface area contributed by atoms with Crippen molar-refractivity contribution in [3.8, 4) is 5.75 Å². The Morgan fingerprint density at radius 2 is 2.05 bits per heavy atom. The molecule has 106 valence electrons. The SMILES string of the molecule is CCOc1ccc(C(=O)NC(C)CC(C)C)cc1N. The molecule has 1 rings (SSSR count). The van der Waals surface area contributed by atoms with Gasteiger partial charge in [-0.25, -0.2) is 0 Å². The fourth-order valence-electron chi connectivity index (χ4n) is 2.05. The number of nitrogen functional groups attached to an aromatic ring is 1. The molecule has 1 aromatic rings. The molecule has 0 aliphatic heterocycles. The topological polar surface area (TPSA) is 64.3 Å². The Morgan fingerprint density at radius 3 is 2.58 bits per heavy atom. The first-order valence-corrected chi connectivity index (χ1v) is 6.77. The van der Waals surface area contributed by atoms with E-state index in [9.17, 15) is 4.79 Å². The van der Waals surface area contributed by atoms with Crippen LogP contribution in [0, 0.1) is 5.92 Å². The number of carbonyl (C=O) groups is 1. The van der Waals surface area contributed by atoms with Crippen molar-refractivity contribution < 1.29 is 9.53 Å². The predicted octanol–water partition coefficient (Wildman–Crippen LogP) is 2.83. The Labute approximate surface area is 115 Å². The standard InChI is InChI=1S/C15H24N2O2/c1-5-19-14-7-6-12(9-13(14)16)15(18)17-11(4)8-10(2)3/h6-7,9-11H,5,8,16H2,1-4H3,(H,17,18). The maximum Gasteiger partial charge on any atom is 0.251 e. The first kappa shape index (κ1) is 15.3. The highest BCUT2D eigenvalue weighted by molar-refractivity contribution is 5.95. The average Bonchev–Trinajstić information content (AvgIpc) is 2.30. The highest BCUT2D eigenvalue weighted by Gasteiger charge is 2.12. The molecule has 0 aromatic heterocycles. The van der Waals surface area contributed by atoms with Crippen LogP contribution in [0.5, 0.6) is 5.75 Å². The zero-order valence-electron chi connectivity index (χ0n) is 12.2. The molecule has 0 saturated carbocycles. The summed E-state index contributed by atoms with van der Waals surface area (Å²) in [6.07, 6.45) is 0.957. The molecular weight excluding hydrogens is 240 g/mol. The van der Waals surface area contributed by atoms with Crippen LogP contribution in [0.15, 0.2) is 18.2 Å². The van der Waals surface area contributed by atoms with E-state index in [4.69, 9.17) is 10.5 Å². The van der Waals surface area contributed by atoms with Gasteiger partial charge in [-0.1, -0.05) is 13.8 Å². The third-order valence-electron chi connectivity index (χ3n) is 2.77. The van der Waals surface area contributed by atoms with Gasteiger partial charge in [0.15, 0.2) is 0 Å². The predicted molar refractivity (Wildman–Crippen MR) is 78.4 cm³/mol. The van der Waals surface area contributed by atoms with E-state index in [1.807, 2.05) is 13.8 Å². The normalized spacial score (nSPS) is 12.3. The third kappa shape index (κ3) is 4.81. The summed E-state index contributed by atoms with van der Waals surface area (Å²) in [5, 5.41) is 2.97. The molecule has 1 atom stereocenters. The van der Waals surface area contributed by atoms with Crippen LogP contribution in [0.3, 0.4) is 0 Å². The number of benzene rings is 1. The maximum absolute atomic E-state index is 12.1. The van der Waals surface area contributed by atoms with Gasteiger partial charge < -0.3 is 15.8 Å². The van der Waals surface area contributed by atoms with E-state index < -0.39 is 0 Å². The summed E-state index contributed by atoms with van der Waals surface area (Å²) in [4.78, 5) is 12.1. The monoisotopic (exact) mass is 264 g/mol. The fourth-order valence-corrected chi connectivity index (χ4v) is 2.05. The Hall–Kier alpha value is -1.71. The van der Waals surface area contributed by atoms with E-state index >= 15 is 0 Å². The summed E-state index contributed by atoms with van der Waals surface area (Å²) in [5.74, 6) is 1.08. The highest BCUT2D eigenvalue weighted by atomic mass is 16.5. The summed E-state index contributed by atoms with van der Waals surface area (Å²) in [5.41, 5.74) is 6.91. The Balaban J connectivity index is 2.69. The van der Waals surface area contributed by atoms with Crippen LogP contribution in [0.1, 0.15) is 44.5 Å². The lowest BCUT2D eigenvalue weighted by molar-refractivity contribution is 0.0936. The molecule has 0 saturated heterocycles. The molecule has 4 nitrogen and oxygen atoms in total. The largest absolute Gasteiger partial charge is 0.492 e. The molecule has 0 spiro atoms. The summed E-state index contributed by atoms with van der Waals surface area (Å²) >= 11 is 0. The van der Waals surface area contributed by atoms with Gasteiger partial charge in [-0.05, 0) is 44.4 Å². The highest BCUT2D eigenvalue weighted by Crippen LogP contribution is 2.22. The molecule has 3 N–H and O–H groups in total. The van der Waals surface area contributed by atoms with Gasteiger partial charge in [0.05, 0.1) is 12.3 Å². The van der Waals surface area contributed by atoms with Crippen molar-refractivity contribution in [1.82, 2.24) is 5.32 Å². The lowest BCUT2D eigenvalue weighted by Gasteiger charge is -2.16. The van der Waals surface area contributed by atoms with Gasteiger partial charge >= 0.3 is 0 Å². The van der Waals surface area contributed by atoms with Gasteiger partial charge in [0.1, 0.15) is 5.75 Å². The van der Waals surface area contributed by atoms with Crippen LogP contribution in [-0.4, -0.2) is 18.6 Å². The van der Waals surface area contributed by atoms with E-state index in [-0.39, 0.29) is 11.9 Å². The maximum atomic E-state index is 12.1. The minimum Gasteiger partial charge on any atom is -0.492 e. The van der Waals surface area contributed by atoms with Crippen molar-refractivity contribution in [3.05, 3.63) is 23.8 Å². The summed E-state index contributed by atoms with van der Waals surface area (Å²) in [6, 6.07) is 5.28. The first-order chi connectivity index (χ1) is 8.93. The van der Waals surface area contributed by atoms with Crippen LogP contribution < -0.4 is 15.8 Å². The van der Waals surface area contributed by atoms with Gasteiger partial charge in [0, 0.05) is 11.6 Å². The number of nitrogens with two attached hydrogens (primary N) is 1. The lowest BCUT2D eigenvalue weighted by Crippen LogP contribution is -2.33. The smallest absolute Gasteiger partial charge is 0.251 e. The minimum atomic E-state index is -0.0945. The number of ether oxygens (including phenoxy) is 1. The van der Waals surface area contributed by atoms with Crippen molar-refractivity contribution in [2.75, 3.05) is 12.3 Å². The number of nitrogens with one attached hydrogen (secondary N) is 1. The quantitative estimate of drug-likeness (QED) is 0.776. The van der Waals surface area contributed by atoms with Crippen molar-refractivity contribution in [1.29, 1.82) is 0 Å². The van der Waals surface area contributed by atoms with Crippen LogP contribution in [0.25, 0.3) is 0 Å². The van der Waals surface area contributed by atoms with Crippen molar-refractivity contribution in [3.63, 3.8) is 0 Å². The summed E-state index contributed by atoms with van der Waals surface area (Å²) < 4.78 is 5.35. The van der Waals surface area contributed by atoms with Crippen LogP contribution >= 0.6 is 0 Å². The van der Waals surface area contributed by atoms with Crippen molar-refractivity contribution in [2.24, 2.45) is 5.92 Å². The Morgan fingerprint density at radius 1 is 1.37 bits per heavy atom. The number of hydrogen-bond acceptors (Lipinski definition) is 3. The molecule has 1 unspecified atom stereocenters. The number of hydrogen-bond donors (Lipinski definition) is 2.